The molecule has 29 heavy (non-hydrogen) atoms. The molecule has 11 heteroatoms. The van der Waals surface area contributed by atoms with Crippen LogP contribution in [0.5, 0.6) is 0 Å². The highest BCUT2D eigenvalue weighted by atomic mass is 32.2. The number of nitro groups is 1. The van der Waals surface area contributed by atoms with Crippen molar-refractivity contribution < 1.29 is 13.3 Å². The topological polar surface area (TPSA) is 131 Å². The van der Waals surface area contributed by atoms with Crippen LogP contribution in [0, 0.1) is 17.0 Å². The first kappa shape index (κ1) is 22.5. The number of nitrogens with zero attached hydrogens (tertiary/aromatic N) is 2. The predicted octanol–water partition coefficient (Wildman–Crippen LogP) is 3.32. The molecular weight excluding hydrogens is 414 g/mol. The van der Waals surface area contributed by atoms with Gasteiger partial charge in [0, 0.05) is 30.5 Å². The third-order valence-corrected chi connectivity index (χ3v) is 6.54. The smallest absolute Gasteiger partial charge is 0.294 e. The molecule has 0 saturated heterocycles. The molecule has 2 aromatic carbocycles. The van der Waals surface area contributed by atoms with Crippen molar-refractivity contribution in [3.63, 3.8) is 0 Å². The van der Waals surface area contributed by atoms with E-state index < -0.39 is 14.9 Å². The SMILES string of the molecule is CCN(CC)S(=O)(=O)c1ccc(C)c(NC(=S)Nc2ccc(N)c([N+](=O)[O-])c2)c1. The number of nitrogens with one attached hydrogen (secondary N) is 2. The highest BCUT2D eigenvalue weighted by molar-refractivity contribution is 7.89. The molecular formula is C18H23N5O4S2. The first-order valence-corrected chi connectivity index (χ1v) is 10.7. The molecule has 2 aromatic rings. The van der Waals surface area contributed by atoms with E-state index in [9.17, 15) is 18.5 Å². The van der Waals surface area contributed by atoms with Crippen molar-refractivity contribution in [3.8, 4) is 0 Å². The monoisotopic (exact) mass is 437 g/mol. The van der Waals surface area contributed by atoms with Crippen LogP contribution in [0.4, 0.5) is 22.7 Å². The summed E-state index contributed by atoms with van der Waals surface area (Å²) in [6.45, 7) is 6.10. The molecule has 0 atom stereocenters. The Morgan fingerprint density at radius 1 is 1.17 bits per heavy atom. The molecule has 0 aliphatic heterocycles. The summed E-state index contributed by atoms with van der Waals surface area (Å²) in [7, 11) is -3.61. The van der Waals surface area contributed by atoms with E-state index in [4.69, 9.17) is 18.0 Å². The molecule has 0 unspecified atom stereocenters. The number of hydrogen-bond donors (Lipinski definition) is 3. The van der Waals surface area contributed by atoms with Crippen LogP contribution >= 0.6 is 12.2 Å². The van der Waals surface area contributed by atoms with Gasteiger partial charge in [-0.3, -0.25) is 10.1 Å². The number of hydrogen-bond acceptors (Lipinski definition) is 6. The van der Waals surface area contributed by atoms with Gasteiger partial charge in [0.2, 0.25) is 10.0 Å². The van der Waals surface area contributed by atoms with E-state index in [-0.39, 0.29) is 21.4 Å². The summed E-state index contributed by atoms with van der Waals surface area (Å²) in [5, 5.41) is 17.0. The Morgan fingerprint density at radius 3 is 2.41 bits per heavy atom. The number of nitrogens with two attached hydrogens (primary N) is 1. The van der Waals surface area contributed by atoms with Crippen molar-refractivity contribution in [2.24, 2.45) is 0 Å². The molecule has 0 amide bonds. The number of nitro benzene ring substituents is 1. The van der Waals surface area contributed by atoms with Gasteiger partial charge >= 0.3 is 0 Å². The minimum Gasteiger partial charge on any atom is -0.393 e. The third kappa shape index (κ3) is 5.19. The van der Waals surface area contributed by atoms with Gasteiger partial charge in [0.25, 0.3) is 5.69 Å². The van der Waals surface area contributed by atoms with E-state index in [0.717, 1.165) is 5.56 Å². The fourth-order valence-corrected chi connectivity index (χ4v) is 4.39. The average Bonchev–Trinajstić information content (AvgIpc) is 2.65. The van der Waals surface area contributed by atoms with Crippen LogP contribution in [0.3, 0.4) is 0 Å². The lowest BCUT2D eigenvalue weighted by Gasteiger charge is -2.20. The molecule has 0 aliphatic carbocycles. The summed E-state index contributed by atoms with van der Waals surface area (Å²) in [5.74, 6) is 0. The summed E-state index contributed by atoms with van der Waals surface area (Å²) >= 11 is 5.27. The Bertz CT molecular complexity index is 1040. The minimum absolute atomic E-state index is 0.0459. The van der Waals surface area contributed by atoms with Gasteiger partial charge < -0.3 is 16.4 Å². The zero-order valence-electron chi connectivity index (χ0n) is 16.3. The van der Waals surface area contributed by atoms with Gasteiger partial charge in [-0.2, -0.15) is 4.31 Å². The van der Waals surface area contributed by atoms with Crippen LogP contribution in [-0.4, -0.2) is 35.8 Å². The molecule has 2 rings (SSSR count). The second kappa shape index (κ2) is 9.16. The molecule has 4 N–H and O–H groups in total. The van der Waals surface area contributed by atoms with Gasteiger partial charge in [-0.15, -0.1) is 0 Å². The van der Waals surface area contributed by atoms with Crippen molar-refractivity contribution in [2.75, 3.05) is 29.5 Å². The number of thiocarbonyl (C=S) groups is 1. The number of sulfonamides is 1. The zero-order valence-corrected chi connectivity index (χ0v) is 17.9. The fourth-order valence-electron chi connectivity index (χ4n) is 2.67. The first-order chi connectivity index (χ1) is 13.6. The van der Waals surface area contributed by atoms with E-state index >= 15 is 0 Å². The molecule has 0 heterocycles. The quantitative estimate of drug-likeness (QED) is 0.260. The van der Waals surface area contributed by atoms with E-state index in [1.54, 1.807) is 32.0 Å². The highest BCUT2D eigenvalue weighted by Gasteiger charge is 2.22. The Balaban J connectivity index is 2.25. The highest BCUT2D eigenvalue weighted by Crippen LogP contribution is 2.26. The average molecular weight is 438 g/mol. The van der Waals surface area contributed by atoms with E-state index in [0.29, 0.717) is 24.5 Å². The Morgan fingerprint density at radius 2 is 1.83 bits per heavy atom. The van der Waals surface area contributed by atoms with Gasteiger partial charge in [0.05, 0.1) is 9.82 Å². The third-order valence-electron chi connectivity index (χ3n) is 4.29. The van der Waals surface area contributed by atoms with E-state index in [1.807, 2.05) is 6.92 Å². The second-order valence-electron chi connectivity index (χ2n) is 6.18. The van der Waals surface area contributed by atoms with Gasteiger partial charge in [-0.05, 0) is 49.0 Å². The van der Waals surface area contributed by atoms with E-state index in [1.165, 1.54) is 22.5 Å². The summed E-state index contributed by atoms with van der Waals surface area (Å²) in [4.78, 5) is 10.6. The number of aryl methyl sites for hydroxylation is 1. The van der Waals surface area contributed by atoms with Crippen LogP contribution in [0.15, 0.2) is 41.3 Å². The molecule has 0 saturated carbocycles. The molecule has 9 nitrogen and oxygen atoms in total. The lowest BCUT2D eigenvalue weighted by Crippen LogP contribution is -2.30. The Kier molecular flexibility index (Phi) is 7.11. The maximum atomic E-state index is 12.7. The lowest BCUT2D eigenvalue weighted by molar-refractivity contribution is -0.383. The van der Waals surface area contributed by atoms with E-state index in [2.05, 4.69) is 10.6 Å². The lowest BCUT2D eigenvalue weighted by atomic mass is 10.2. The first-order valence-electron chi connectivity index (χ1n) is 8.82. The number of benzene rings is 2. The standard InChI is InChI=1S/C18H23N5O4S2/c1-4-22(5-2)29(26,27)14-8-6-12(3)16(11-14)21-18(28)20-13-7-9-15(19)17(10-13)23(24)25/h6-11H,4-5,19H2,1-3H3,(H2,20,21,28). The van der Waals surface area contributed by atoms with Crippen molar-refractivity contribution in [1.29, 1.82) is 0 Å². The van der Waals surface area contributed by atoms with Gasteiger partial charge in [-0.1, -0.05) is 19.9 Å². The van der Waals surface area contributed by atoms with Crippen molar-refractivity contribution in [3.05, 3.63) is 52.1 Å². The van der Waals surface area contributed by atoms with Crippen LogP contribution in [0.1, 0.15) is 19.4 Å². The summed E-state index contributed by atoms with van der Waals surface area (Å²) in [6.07, 6.45) is 0. The minimum atomic E-state index is -3.61. The molecule has 0 aliphatic rings. The fraction of sp³-hybridized carbons (Fsp3) is 0.278. The van der Waals surface area contributed by atoms with Gasteiger partial charge in [0.1, 0.15) is 5.69 Å². The molecule has 0 spiro atoms. The summed E-state index contributed by atoms with van der Waals surface area (Å²) < 4.78 is 26.9. The van der Waals surface area contributed by atoms with Crippen LogP contribution in [-0.2, 0) is 10.0 Å². The van der Waals surface area contributed by atoms with Crippen molar-refractivity contribution in [1.82, 2.24) is 4.31 Å². The number of nitrogen functional groups attached to an aromatic ring is 1. The summed E-state index contributed by atoms with van der Waals surface area (Å²) in [5.41, 5.74) is 7.09. The van der Waals surface area contributed by atoms with Crippen LogP contribution in [0.2, 0.25) is 0 Å². The molecule has 0 fully saturated rings. The Hall–Kier alpha value is -2.76. The Labute approximate surface area is 175 Å². The summed E-state index contributed by atoms with van der Waals surface area (Å²) in [6, 6.07) is 9.00. The molecule has 0 aromatic heterocycles. The van der Waals surface area contributed by atoms with Gasteiger partial charge in [0.15, 0.2) is 5.11 Å². The molecule has 0 bridgehead atoms. The molecule has 0 radical (unpaired) electrons. The maximum absolute atomic E-state index is 12.7. The van der Waals surface area contributed by atoms with Gasteiger partial charge in [-0.25, -0.2) is 8.42 Å². The predicted molar refractivity (Wildman–Crippen MR) is 119 cm³/mol. The van der Waals surface area contributed by atoms with Crippen LogP contribution < -0.4 is 16.4 Å². The largest absolute Gasteiger partial charge is 0.393 e. The zero-order chi connectivity index (χ0) is 21.8. The molecule has 156 valence electrons. The maximum Gasteiger partial charge on any atom is 0.294 e. The normalized spacial score (nSPS) is 11.3. The van der Waals surface area contributed by atoms with Crippen LogP contribution in [0.25, 0.3) is 0 Å². The second-order valence-corrected chi connectivity index (χ2v) is 8.52. The number of rotatable bonds is 7. The van der Waals surface area contributed by atoms with Crippen molar-refractivity contribution >= 4 is 50.1 Å². The number of anilines is 3. The van der Waals surface area contributed by atoms with Crippen molar-refractivity contribution in [2.45, 2.75) is 25.7 Å².